The monoisotopic (exact) mass is 285 g/mol. The third kappa shape index (κ3) is 7.85. The van der Waals surface area contributed by atoms with Crippen molar-refractivity contribution in [1.82, 2.24) is 10.2 Å². The molecule has 0 radical (unpaired) electrons. The average Bonchev–Trinajstić information content (AvgIpc) is 2.32. The number of hydrogen-bond donors (Lipinski definition) is 2. The summed E-state index contributed by atoms with van der Waals surface area (Å²) in [5, 5.41) is 3.04. The van der Waals surface area contributed by atoms with Crippen LogP contribution in [-0.2, 0) is 4.79 Å². The van der Waals surface area contributed by atoms with E-state index < -0.39 is 5.54 Å². The largest absolute Gasteiger partial charge is 0.368 e. The van der Waals surface area contributed by atoms with Crippen molar-refractivity contribution in [3.05, 3.63) is 0 Å². The van der Waals surface area contributed by atoms with Gasteiger partial charge in [0.1, 0.15) is 0 Å². The van der Waals surface area contributed by atoms with E-state index in [1.807, 2.05) is 6.92 Å². The van der Waals surface area contributed by atoms with Gasteiger partial charge in [0.25, 0.3) is 0 Å². The summed E-state index contributed by atoms with van der Waals surface area (Å²) in [6, 6.07) is 0. The quantitative estimate of drug-likeness (QED) is 0.572. The van der Waals surface area contributed by atoms with E-state index >= 15 is 0 Å². The van der Waals surface area contributed by atoms with Crippen molar-refractivity contribution in [1.29, 1.82) is 0 Å². The molecule has 0 aliphatic carbocycles. The molecule has 0 aliphatic heterocycles. The van der Waals surface area contributed by atoms with Gasteiger partial charge in [-0.2, -0.15) is 0 Å². The zero-order valence-corrected chi connectivity index (χ0v) is 14.3. The number of primary amides is 1. The number of carbonyl (C=O) groups excluding carboxylic acids is 1. The van der Waals surface area contributed by atoms with Crippen LogP contribution in [0.2, 0.25) is 0 Å². The van der Waals surface area contributed by atoms with Gasteiger partial charge in [-0.25, -0.2) is 0 Å². The highest BCUT2D eigenvalue weighted by molar-refractivity contribution is 5.84. The van der Waals surface area contributed by atoms with E-state index in [9.17, 15) is 4.79 Å². The highest BCUT2D eigenvalue weighted by atomic mass is 16.1. The third-order valence-corrected chi connectivity index (χ3v) is 3.74. The minimum absolute atomic E-state index is 0.263. The Hall–Kier alpha value is -0.610. The SMILES string of the molecule is CNC(C)(CCCCN(CC(C)C)CC(C)C)C(N)=O. The minimum atomic E-state index is -0.569. The van der Waals surface area contributed by atoms with Crippen molar-refractivity contribution in [2.45, 2.75) is 59.4 Å². The number of hydrogen-bond acceptors (Lipinski definition) is 3. The van der Waals surface area contributed by atoms with Gasteiger partial charge in [-0.3, -0.25) is 4.79 Å². The molecule has 0 rings (SSSR count). The Morgan fingerprint density at radius 2 is 1.65 bits per heavy atom. The van der Waals surface area contributed by atoms with E-state index in [4.69, 9.17) is 5.73 Å². The maximum Gasteiger partial charge on any atom is 0.237 e. The summed E-state index contributed by atoms with van der Waals surface area (Å²) in [7, 11) is 1.80. The Bertz CT molecular complexity index is 269. The standard InChI is InChI=1S/C16H35N3O/c1-13(2)11-19(12-14(3)4)10-8-7-9-16(5,18-6)15(17)20/h13-14,18H,7-12H2,1-6H3,(H2,17,20). The predicted octanol–water partition coefficient (Wildman–Crippen LogP) is 2.23. The van der Waals surface area contributed by atoms with Crippen LogP contribution in [0.5, 0.6) is 0 Å². The van der Waals surface area contributed by atoms with Crippen LogP contribution in [-0.4, -0.2) is 43.0 Å². The molecule has 0 aromatic carbocycles. The smallest absolute Gasteiger partial charge is 0.237 e. The molecule has 1 atom stereocenters. The Morgan fingerprint density at radius 1 is 1.15 bits per heavy atom. The minimum Gasteiger partial charge on any atom is -0.368 e. The lowest BCUT2D eigenvalue weighted by Gasteiger charge is -2.28. The Morgan fingerprint density at radius 3 is 2.00 bits per heavy atom. The summed E-state index contributed by atoms with van der Waals surface area (Å²) >= 11 is 0. The van der Waals surface area contributed by atoms with Gasteiger partial charge in [0, 0.05) is 13.1 Å². The number of unbranched alkanes of at least 4 members (excludes halogenated alkanes) is 1. The van der Waals surface area contributed by atoms with Gasteiger partial charge >= 0.3 is 0 Å². The molecule has 0 fully saturated rings. The molecule has 120 valence electrons. The summed E-state index contributed by atoms with van der Waals surface area (Å²) in [4.78, 5) is 14.0. The normalized spacial score (nSPS) is 15.1. The van der Waals surface area contributed by atoms with E-state index in [0.717, 1.165) is 38.9 Å². The molecule has 0 saturated heterocycles. The van der Waals surface area contributed by atoms with Gasteiger partial charge in [-0.1, -0.05) is 27.7 Å². The molecule has 0 aromatic heterocycles. The van der Waals surface area contributed by atoms with Crippen LogP contribution in [0.3, 0.4) is 0 Å². The number of nitrogens with zero attached hydrogens (tertiary/aromatic N) is 1. The van der Waals surface area contributed by atoms with Gasteiger partial charge < -0.3 is 16.0 Å². The first-order valence-electron chi connectivity index (χ1n) is 7.92. The fraction of sp³-hybridized carbons (Fsp3) is 0.938. The van der Waals surface area contributed by atoms with Crippen LogP contribution in [0, 0.1) is 11.8 Å². The highest BCUT2D eigenvalue weighted by Crippen LogP contribution is 2.14. The molecule has 20 heavy (non-hydrogen) atoms. The van der Waals surface area contributed by atoms with Crippen molar-refractivity contribution >= 4 is 5.91 Å². The van der Waals surface area contributed by atoms with Gasteiger partial charge in [-0.05, 0) is 51.6 Å². The predicted molar refractivity (Wildman–Crippen MR) is 86.6 cm³/mol. The fourth-order valence-electron chi connectivity index (χ4n) is 2.48. The summed E-state index contributed by atoms with van der Waals surface area (Å²) in [5.41, 5.74) is 4.87. The second-order valence-electron chi connectivity index (χ2n) is 6.95. The van der Waals surface area contributed by atoms with E-state index in [-0.39, 0.29) is 5.91 Å². The van der Waals surface area contributed by atoms with Crippen LogP contribution in [0.4, 0.5) is 0 Å². The van der Waals surface area contributed by atoms with Crippen LogP contribution in [0.1, 0.15) is 53.9 Å². The third-order valence-electron chi connectivity index (χ3n) is 3.74. The molecule has 0 aliphatic rings. The fourth-order valence-corrected chi connectivity index (χ4v) is 2.48. The van der Waals surface area contributed by atoms with Crippen molar-refractivity contribution in [3.63, 3.8) is 0 Å². The molecular formula is C16H35N3O. The highest BCUT2D eigenvalue weighted by Gasteiger charge is 2.27. The van der Waals surface area contributed by atoms with E-state index in [1.165, 1.54) is 0 Å². The van der Waals surface area contributed by atoms with Crippen molar-refractivity contribution < 1.29 is 4.79 Å². The molecule has 0 bridgehead atoms. The van der Waals surface area contributed by atoms with Crippen LogP contribution >= 0.6 is 0 Å². The molecule has 4 nitrogen and oxygen atoms in total. The van der Waals surface area contributed by atoms with E-state index in [0.29, 0.717) is 11.8 Å². The zero-order chi connectivity index (χ0) is 15.8. The van der Waals surface area contributed by atoms with Gasteiger partial charge in [0.2, 0.25) is 5.91 Å². The molecule has 0 spiro atoms. The molecule has 1 amide bonds. The van der Waals surface area contributed by atoms with Crippen LogP contribution in [0.15, 0.2) is 0 Å². The maximum absolute atomic E-state index is 11.4. The Labute approximate surface area is 125 Å². The van der Waals surface area contributed by atoms with Crippen LogP contribution in [0.25, 0.3) is 0 Å². The number of amides is 1. The molecule has 3 N–H and O–H groups in total. The van der Waals surface area contributed by atoms with Crippen LogP contribution < -0.4 is 11.1 Å². The maximum atomic E-state index is 11.4. The first-order chi connectivity index (χ1) is 9.21. The average molecular weight is 285 g/mol. The molecular weight excluding hydrogens is 250 g/mol. The van der Waals surface area contributed by atoms with E-state index in [1.54, 1.807) is 7.05 Å². The zero-order valence-electron chi connectivity index (χ0n) is 14.3. The number of nitrogens with two attached hydrogens (primary N) is 1. The number of nitrogens with one attached hydrogen (secondary N) is 1. The lowest BCUT2D eigenvalue weighted by Crippen LogP contribution is -2.51. The van der Waals surface area contributed by atoms with Gasteiger partial charge in [-0.15, -0.1) is 0 Å². The first-order valence-corrected chi connectivity index (χ1v) is 7.92. The van der Waals surface area contributed by atoms with Gasteiger partial charge in [0.15, 0.2) is 0 Å². The Balaban J connectivity index is 4.13. The molecule has 1 unspecified atom stereocenters. The number of carbonyl (C=O) groups is 1. The summed E-state index contributed by atoms with van der Waals surface area (Å²) in [6.07, 6.45) is 2.94. The van der Waals surface area contributed by atoms with Gasteiger partial charge in [0.05, 0.1) is 5.54 Å². The molecule has 0 saturated carbocycles. The van der Waals surface area contributed by atoms with Crippen molar-refractivity contribution in [2.75, 3.05) is 26.7 Å². The van der Waals surface area contributed by atoms with Crippen molar-refractivity contribution in [3.8, 4) is 0 Å². The number of likely N-dealkylation sites (N-methyl/N-ethyl adjacent to an activating group) is 1. The molecule has 4 heteroatoms. The second-order valence-corrected chi connectivity index (χ2v) is 6.95. The Kier molecular flexibility index (Phi) is 9.06. The number of rotatable bonds is 11. The summed E-state index contributed by atoms with van der Waals surface area (Å²) in [6.45, 7) is 14.3. The van der Waals surface area contributed by atoms with Crippen molar-refractivity contribution in [2.24, 2.45) is 17.6 Å². The first kappa shape index (κ1) is 19.4. The lowest BCUT2D eigenvalue weighted by molar-refractivity contribution is -0.123. The molecule has 0 aromatic rings. The summed E-state index contributed by atoms with van der Waals surface area (Å²) < 4.78 is 0. The second kappa shape index (κ2) is 9.35. The van der Waals surface area contributed by atoms with E-state index in [2.05, 4.69) is 37.9 Å². The lowest BCUT2D eigenvalue weighted by atomic mass is 9.94. The molecule has 0 heterocycles. The summed E-state index contributed by atoms with van der Waals surface area (Å²) in [5.74, 6) is 1.13. The topological polar surface area (TPSA) is 58.4 Å².